The molecule has 2 N–H and O–H groups in total. The summed E-state index contributed by atoms with van der Waals surface area (Å²) in [6.07, 6.45) is 2.07. The summed E-state index contributed by atoms with van der Waals surface area (Å²) in [5, 5.41) is 15.2. The molecule has 1 heterocycles. The Balaban J connectivity index is 2.10. The maximum Gasteiger partial charge on any atom is 0.262 e. The number of methoxy groups -OCH3 is 1. The average molecular weight is 451 g/mol. The first-order chi connectivity index (χ1) is 15.7. The fourth-order valence-corrected chi connectivity index (χ4v) is 3.87. The predicted octanol–water partition coefficient (Wildman–Crippen LogP) is 4.52. The highest BCUT2D eigenvalue weighted by Crippen LogP contribution is 2.23. The van der Waals surface area contributed by atoms with E-state index in [0.717, 1.165) is 22.5 Å². The number of rotatable bonds is 10. The summed E-state index contributed by atoms with van der Waals surface area (Å²) < 4.78 is 7.40. The van der Waals surface area contributed by atoms with Crippen LogP contribution in [0.5, 0.6) is 0 Å². The van der Waals surface area contributed by atoms with Crippen molar-refractivity contribution < 1.29 is 14.3 Å². The lowest BCUT2D eigenvalue weighted by atomic mass is 10.1. The maximum atomic E-state index is 12.7. The van der Waals surface area contributed by atoms with Crippen molar-refractivity contribution in [2.75, 3.05) is 19.0 Å². The van der Waals surface area contributed by atoms with Crippen LogP contribution in [0.25, 0.3) is 6.08 Å². The van der Waals surface area contributed by atoms with Crippen molar-refractivity contribution in [2.45, 2.75) is 53.6 Å². The Morgan fingerprint density at radius 3 is 2.58 bits per heavy atom. The van der Waals surface area contributed by atoms with Crippen molar-refractivity contribution in [3.63, 3.8) is 0 Å². The zero-order valence-corrected chi connectivity index (χ0v) is 20.4. The molecule has 7 nitrogen and oxygen atoms in total. The molecular formula is C26H34N4O3. The molecular weight excluding hydrogens is 416 g/mol. The molecule has 176 valence electrons. The van der Waals surface area contributed by atoms with Gasteiger partial charge in [0.2, 0.25) is 5.91 Å². The molecule has 0 spiro atoms. The van der Waals surface area contributed by atoms with E-state index in [4.69, 9.17) is 4.74 Å². The fourth-order valence-electron chi connectivity index (χ4n) is 3.87. The quantitative estimate of drug-likeness (QED) is 0.411. The Kier molecular flexibility index (Phi) is 9.43. The number of hydrogen-bond donors (Lipinski definition) is 2. The highest BCUT2D eigenvalue weighted by atomic mass is 16.5. The molecule has 0 bridgehead atoms. The molecule has 2 amide bonds. The number of aryl methyl sites for hydroxylation is 1. The summed E-state index contributed by atoms with van der Waals surface area (Å²) in [5.74, 6) is -0.212. The van der Waals surface area contributed by atoms with E-state index in [-0.39, 0.29) is 30.0 Å². The molecule has 0 aliphatic heterocycles. The van der Waals surface area contributed by atoms with E-state index < -0.39 is 5.91 Å². The summed E-state index contributed by atoms with van der Waals surface area (Å²) in [6, 6.07) is 11.4. The van der Waals surface area contributed by atoms with Gasteiger partial charge in [0.25, 0.3) is 5.91 Å². The number of amides is 2. The zero-order chi connectivity index (χ0) is 24.5. The molecule has 2 rings (SSSR count). The summed E-state index contributed by atoms with van der Waals surface area (Å²) in [7, 11) is 1.67. The lowest BCUT2D eigenvalue weighted by molar-refractivity contribution is -0.117. The molecule has 0 radical (unpaired) electrons. The Morgan fingerprint density at radius 2 is 1.94 bits per heavy atom. The van der Waals surface area contributed by atoms with Crippen molar-refractivity contribution in [3.8, 4) is 6.07 Å². The molecule has 1 atom stereocenters. The largest absolute Gasteiger partial charge is 0.383 e. The van der Waals surface area contributed by atoms with E-state index in [9.17, 15) is 14.9 Å². The number of anilines is 1. The molecule has 7 heteroatoms. The summed E-state index contributed by atoms with van der Waals surface area (Å²) in [4.78, 5) is 24.7. The number of aromatic nitrogens is 1. The van der Waals surface area contributed by atoms with Gasteiger partial charge in [-0.3, -0.25) is 9.59 Å². The van der Waals surface area contributed by atoms with Gasteiger partial charge in [-0.15, -0.1) is 0 Å². The number of nitrogens with one attached hydrogen (secondary N) is 2. The standard InChI is InChI=1S/C26H34N4O3/c1-17(2)10-25(31)29-24-9-7-8-21(12-24)15-28-26(32)23(14-27)13-22-11-18(3)30(20(22)5)19(4)16-33-6/h7-9,11-13,17,19H,10,15-16H2,1-6H3,(H,28,32)(H,29,31)/b23-13+. The van der Waals surface area contributed by atoms with Crippen molar-refractivity contribution in [2.24, 2.45) is 5.92 Å². The second kappa shape index (κ2) is 12.0. The minimum Gasteiger partial charge on any atom is -0.383 e. The third-order valence-electron chi connectivity index (χ3n) is 5.29. The van der Waals surface area contributed by atoms with Gasteiger partial charge in [0.15, 0.2) is 0 Å². The number of nitriles is 1. The summed E-state index contributed by atoms with van der Waals surface area (Å²) in [5.41, 5.74) is 4.39. The van der Waals surface area contributed by atoms with E-state index in [2.05, 4.69) is 22.1 Å². The van der Waals surface area contributed by atoms with E-state index in [0.29, 0.717) is 18.7 Å². The summed E-state index contributed by atoms with van der Waals surface area (Å²) >= 11 is 0. The smallest absolute Gasteiger partial charge is 0.262 e. The first-order valence-electron chi connectivity index (χ1n) is 11.1. The highest BCUT2D eigenvalue weighted by molar-refractivity contribution is 6.01. The Morgan fingerprint density at radius 1 is 1.21 bits per heavy atom. The van der Waals surface area contributed by atoms with Gasteiger partial charge in [0, 0.05) is 37.2 Å². The topological polar surface area (TPSA) is 96.2 Å². The zero-order valence-electron chi connectivity index (χ0n) is 20.4. The molecule has 1 aromatic heterocycles. The second-order valence-electron chi connectivity index (χ2n) is 8.70. The average Bonchev–Trinajstić information content (AvgIpc) is 3.02. The second-order valence-corrected chi connectivity index (χ2v) is 8.70. The van der Waals surface area contributed by atoms with Gasteiger partial charge >= 0.3 is 0 Å². The first kappa shape index (κ1) is 25.9. The summed E-state index contributed by atoms with van der Waals surface area (Å²) in [6.45, 7) is 10.8. The van der Waals surface area contributed by atoms with E-state index in [1.54, 1.807) is 13.2 Å². The first-order valence-corrected chi connectivity index (χ1v) is 11.1. The highest BCUT2D eigenvalue weighted by Gasteiger charge is 2.16. The van der Waals surface area contributed by atoms with E-state index >= 15 is 0 Å². The number of carbonyl (C=O) groups is 2. The lowest BCUT2D eigenvalue weighted by Crippen LogP contribution is -2.24. The minimum absolute atomic E-state index is 0.0380. The van der Waals surface area contributed by atoms with Crippen LogP contribution in [0.3, 0.4) is 0 Å². The van der Waals surface area contributed by atoms with Crippen molar-refractivity contribution >= 4 is 23.6 Å². The van der Waals surface area contributed by atoms with E-state index in [1.807, 2.05) is 64.1 Å². The van der Waals surface area contributed by atoms with Gasteiger partial charge in [0.1, 0.15) is 11.6 Å². The molecule has 0 aliphatic carbocycles. The number of nitrogens with zero attached hydrogens (tertiary/aromatic N) is 2. The molecule has 0 saturated heterocycles. The van der Waals surface area contributed by atoms with Crippen molar-refractivity contribution in [1.82, 2.24) is 9.88 Å². The van der Waals surface area contributed by atoms with Gasteiger partial charge in [-0.05, 0) is 62.1 Å². The molecule has 0 aliphatic rings. The van der Waals surface area contributed by atoms with Crippen LogP contribution in [-0.2, 0) is 20.9 Å². The molecule has 0 fully saturated rings. The Hall–Kier alpha value is -3.37. The third-order valence-corrected chi connectivity index (χ3v) is 5.29. The molecule has 2 aromatic rings. The van der Waals surface area contributed by atoms with Gasteiger partial charge < -0.3 is 19.9 Å². The van der Waals surface area contributed by atoms with Crippen LogP contribution in [0.15, 0.2) is 35.9 Å². The van der Waals surface area contributed by atoms with Crippen LogP contribution in [0.2, 0.25) is 0 Å². The lowest BCUT2D eigenvalue weighted by Gasteiger charge is -2.17. The predicted molar refractivity (Wildman–Crippen MR) is 130 cm³/mol. The van der Waals surface area contributed by atoms with Crippen LogP contribution >= 0.6 is 0 Å². The monoisotopic (exact) mass is 450 g/mol. The number of carbonyl (C=O) groups excluding carboxylic acids is 2. The van der Waals surface area contributed by atoms with Crippen LogP contribution < -0.4 is 10.6 Å². The molecule has 1 aromatic carbocycles. The molecule has 33 heavy (non-hydrogen) atoms. The van der Waals surface area contributed by atoms with Crippen LogP contribution in [0.1, 0.15) is 55.7 Å². The van der Waals surface area contributed by atoms with Gasteiger partial charge in [-0.1, -0.05) is 26.0 Å². The van der Waals surface area contributed by atoms with Gasteiger partial charge in [0.05, 0.1) is 12.6 Å². The van der Waals surface area contributed by atoms with Crippen LogP contribution in [0, 0.1) is 31.1 Å². The van der Waals surface area contributed by atoms with Gasteiger partial charge in [-0.2, -0.15) is 5.26 Å². The van der Waals surface area contributed by atoms with Crippen molar-refractivity contribution in [1.29, 1.82) is 5.26 Å². The van der Waals surface area contributed by atoms with Crippen LogP contribution in [0.4, 0.5) is 5.69 Å². The minimum atomic E-state index is -0.443. The normalized spacial score (nSPS) is 12.4. The van der Waals surface area contributed by atoms with Gasteiger partial charge in [-0.25, -0.2) is 0 Å². The van der Waals surface area contributed by atoms with Crippen LogP contribution in [-0.4, -0.2) is 30.1 Å². The van der Waals surface area contributed by atoms with E-state index in [1.165, 1.54) is 0 Å². The van der Waals surface area contributed by atoms with Crippen molar-refractivity contribution in [3.05, 3.63) is 58.4 Å². The Labute approximate surface area is 196 Å². The molecule has 1 unspecified atom stereocenters. The fraction of sp³-hybridized carbons (Fsp3) is 0.423. The number of benzene rings is 1. The Bertz CT molecular complexity index is 1060. The number of hydrogen-bond acceptors (Lipinski definition) is 4. The number of ether oxygens (including phenoxy) is 1. The maximum absolute atomic E-state index is 12.7. The molecule has 0 saturated carbocycles. The third kappa shape index (κ3) is 7.33. The SMILES string of the molecule is COCC(C)n1c(C)cc(/C=C(\C#N)C(=O)NCc2cccc(NC(=O)CC(C)C)c2)c1C.